The molecule has 2 rings (SSSR count). The lowest BCUT2D eigenvalue weighted by molar-refractivity contribution is 0.475. The number of benzene rings is 1. The molecule has 8 nitrogen and oxygen atoms in total. The summed E-state index contributed by atoms with van der Waals surface area (Å²) in [5.41, 5.74) is 1.04. The van der Waals surface area contributed by atoms with Crippen molar-refractivity contribution < 1.29 is 18.1 Å². The van der Waals surface area contributed by atoms with Crippen LogP contribution in [0.2, 0.25) is 0 Å². The maximum absolute atomic E-state index is 10.9. The molecule has 10 heteroatoms. The highest BCUT2D eigenvalue weighted by atomic mass is 79.9. The SMILES string of the molecule is CCCN(CCCS(=O)(=O)O)c1ccc(/N=N/c2ccc(Br)cn2)c(O)c1. The molecule has 0 unspecified atom stereocenters. The molecule has 1 aromatic heterocycles. The number of phenols is 1. The Morgan fingerprint density at radius 2 is 1.96 bits per heavy atom. The molecule has 0 aliphatic carbocycles. The normalized spacial score (nSPS) is 11.8. The van der Waals surface area contributed by atoms with Crippen LogP contribution < -0.4 is 4.90 Å². The molecule has 0 bridgehead atoms. The Bertz CT molecular complexity index is 888. The Kier molecular flexibility index (Phi) is 7.69. The van der Waals surface area contributed by atoms with Gasteiger partial charge in [0.25, 0.3) is 10.1 Å². The van der Waals surface area contributed by atoms with Crippen LogP contribution in [0.15, 0.2) is 51.2 Å². The molecule has 0 aliphatic heterocycles. The van der Waals surface area contributed by atoms with Gasteiger partial charge in [-0.2, -0.15) is 8.42 Å². The van der Waals surface area contributed by atoms with Crippen molar-refractivity contribution in [3.8, 4) is 5.75 Å². The second-order valence-corrected chi connectivity index (χ2v) is 8.32. The molecule has 146 valence electrons. The fourth-order valence-electron chi connectivity index (χ4n) is 2.40. The van der Waals surface area contributed by atoms with Crippen LogP contribution >= 0.6 is 15.9 Å². The number of halogens is 1. The van der Waals surface area contributed by atoms with Crippen LogP contribution in [0.5, 0.6) is 5.75 Å². The van der Waals surface area contributed by atoms with Gasteiger partial charge in [0.15, 0.2) is 5.82 Å². The summed E-state index contributed by atoms with van der Waals surface area (Å²) in [6.45, 7) is 3.13. The van der Waals surface area contributed by atoms with Crippen LogP contribution in [0.4, 0.5) is 17.2 Å². The fourth-order valence-corrected chi connectivity index (χ4v) is 3.13. The molecular formula is C17H21BrN4O4S. The van der Waals surface area contributed by atoms with Crippen molar-refractivity contribution in [2.45, 2.75) is 19.8 Å². The Hall–Kier alpha value is -2.04. The topological polar surface area (TPSA) is 115 Å². The van der Waals surface area contributed by atoms with Crippen molar-refractivity contribution in [3.05, 3.63) is 41.0 Å². The van der Waals surface area contributed by atoms with Gasteiger partial charge in [0.2, 0.25) is 0 Å². The summed E-state index contributed by atoms with van der Waals surface area (Å²) in [6.07, 6.45) is 2.74. The van der Waals surface area contributed by atoms with Crippen LogP contribution in [0.3, 0.4) is 0 Å². The van der Waals surface area contributed by atoms with Gasteiger partial charge < -0.3 is 10.0 Å². The summed E-state index contributed by atoms with van der Waals surface area (Å²) in [5.74, 6) is 0.0785. The van der Waals surface area contributed by atoms with Gasteiger partial charge in [0.05, 0.1) is 5.75 Å². The van der Waals surface area contributed by atoms with Gasteiger partial charge in [-0.15, -0.1) is 10.2 Å². The molecule has 1 heterocycles. The summed E-state index contributed by atoms with van der Waals surface area (Å²) >= 11 is 3.29. The average molecular weight is 457 g/mol. The van der Waals surface area contributed by atoms with E-state index >= 15 is 0 Å². The predicted molar refractivity (Wildman–Crippen MR) is 108 cm³/mol. The lowest BCUT2D eigenvalue weighted by Crippen LogP contribution is -2.26. The number of hydrogen-bond acceptors (Lipinski definition) is 7. The predicted octanol–water partition coefficient (Wildman–Crippen LogP) is 4.46. The first-order valence-corrected chi connectivity index (χ1v) is 10.7. The Labute approximate surface area is 166 Å². The van der Waals surface area contributed by atoms with Gasteiger partial charge in [-0.05, 0) is 53.0 Å². The molecule has 0 fully saturated rings. The number of hydrogen-bond donors (Lipinski definition) is 2. The van der Waals surface area contributed by atoms with Crippen LogP contribution in [0.25, 0.3) is 0 Å². The molecule has 1 aromatic carbocycles. The minimum Gasteiger partial charge on any atom is -0.506 e. The lowest BCUT2D eigenvalue weighted by Gasteiger charge is -2.24. The monoisotopic (exact) mass is 456 g/mol. The quantitative estimate of drug-likeness (QED) is 0.424. The van der Waals surface area contributed by atoms with E-state index in [0.717, 1.165) is 16.6 Å². The van der Waals surface area contributed by atoms with Gasteiger partial charge >= 0.3 is 0 Å². The molecule has 27 heavy (non-hydrogen) atoms. The zero-order valence-electron chi connectivity index (χ0n) is 14.8. The smallest absolute Gasteiger partial charge is 0.264 e. The van der Waals surface area contributed by atoms with Crippen molar-refractivity contribution in [2.75, 3.05) is 23.7 Å². The first-order chi connectivity index (χ1) is 12.8. The lowest BCUT2D eigenvalue weighted by atomic mass is 10.2. The maximum Gasteiger partial charge on any atom is 0.264 e. The van der Waals surface area contributed by atoms with Gasteiger partial charge in [0, 0.05) is 35.5 Å². The number of nitrogens with zero attached hydrogens (tertiary/aromatic N) is 4. The number of aromatic hydroxyl groups is 1. The van der Waals surface area contributed by atoms with Crippen molar-refractivity contribution >= 4 is 43.2 Å². The number of aromatic nitrogens is 1. The molecule has 0 spiro atoms. The molecule has 2 N–H and O–H groups in total. The summed E-state index contributed by atoms with van der Waals surface area (Å²) in [7, 11) is -3.98. The maximum atomic E-state index is 10.9. The largest absolute Gasteiger partial charge is 0.506 e. The van der Waals surface area contributed by atoms with Gasteiger partial charge in [0.1, 0.15) is 11.4 Å². The van der Waals surface area contributed by atoms with Gasteiger partial charge in [-0.3, -0.25) is 4.55 Å². The van der Waals surface area contributed by atoms with E-state index < -0.39 is 10.1 Å². The first kappa shape index (κ1) is 21.3. The highest BCUT2D eigenvalue weighted by Gasteiger charge is 2.11. The standard InChI is InChI=1S/C17H21BrN4O4S/c1-2-8-22(9-3-10-27(24,25)26)14-5-6-15(16(23)11-14)20-21-17-7-4-13(18)12-19-17/h4-7,11-12,23H,2-3,8-10H2,1H3,(H,24,25,26)/b21-20+. The van der Waals surface area contributed by atoms with Crippen molar-refractivity contribution in [1.29, 1.82) is 0 Å². The highest BCUT2D eigenvalue weighted by molar-refractivity contribution is 9.10. The second-order valence-electron chi connectivity index (χ2n) is 5.83. The zero-order chi connectivity index (χ0) is 19.9. The Morgan fingerprint density at radius 1 is 1.19 bits per heavy atom. The minimum absolute atomic E-state index is 0.0377. The third kappa shape index (κ3) is 7.24. The molecular weight excluding hydrogens is 436 g/mol. The number of azo groups is 1. The number of rotatable bonds is 9. The Balaban J connectivity index is 2.11. The summed E-state index contributed by atoms with van der Waals surface area (Å²) < 4.78 is 31.5. The van der Waals surface area contributed by atoms with E-state index in [9.17, 15) is 13.5 Å². The summed E-state index contributed by atoms with van der Waals surface area (Å²) in [4.78, 5) is 6.03. The molecule has 0 saturated heterocycles. The number of pyridine rings is 1. The van der Waals surface area contributed by atoms with Crippen molar-refractivity contribution in [1.82, 2.24) is 4.98 Å². The molecule has 0 saturated carbocycles. The van der Waals surface area contributed by atoms with E-state index in [1.165, 1.54) is 0 Å². The molecule has 0 amide bonds. The second kappa shape index (κ2) is 9.77. The molecule has 2 aromatic rings. The van der Waals surface area contributed by atoms with E-state index in [0.29, 0.717) is 24.6 Å². The van der Waals surface area contributed by atoms with Crippen molar-refractivity contribution in [2.24, 2.45) is 10.2 Å². The van der Waals surface area contributed by atoms with E-state index in [1.807, 2.05) is 11.8 Å². The van der Waals surface area contributed by atoms with Crippen LogP contribution in [-0.4, -0.2) is 41.9 Å². The van der Waals surface area contributed by atoms with Gasteiger partial charge in [-0.1, -0.05) is 6.92 Å². The van der Waals surface area contributed by atoms with Gasteiger partial charge in [-0.25, -0.2) is 4.98 Å². The zero-order valence-corrected chi connectivity index (χ0v) is 17.2. The third-order valence-corrected chi connectivity index (χ3v) is 4.89. The number of anilines is 1. The third-order valence-electron chi connectivity index (χ3n) is 3.62. The molecule has 0 radical (unpaired) electrons. The fraction of sp³-hybridized carbons (Fsp3) is 0.353. The Morgan fingerprint density at radius 3 is 2.56 bits per heavy atom. The van der Waals surface area contributed by atoms with E-state index in [2.05, 4.69) is 31.1 Å². The number of phenolic OH excluding ortho intramolecular Hbond substituents is 1. The molecule has 0 aliphatic rings. The van der Waals surface area contributed by atoms with E-state index in [1.54, 1.807) is 36.5 Å². The van der Waals surface area contributed by atoms with Crippen LogP contribution in [-0.2, 0) is 10.1 Å². The van der Waals surface area contributed by atoms with Crippen LogP contribution in [0, 0.1) is 0 Å². The highest BCUT2D eigenvalue weighted by Crippen LogP contribution is 2.32. The summed E-state index contributed by atoms with van der Waals surface area (Å²) in [5, 5.41) is 18.2. The average Bonchev–Trinajstić information content (AvgIpc) is 2.60. The van der Waals surface area contributed by atoms with Crippen LogP contribution in [0.1, 0.15) is 19.8 Å². The van der Waals surface area contributed by atoms with Crippen molar-refractivity contribution in [3.63, 3.8) is 0 Å². The van der Waals surface area contributed by atoms with E-state index in [4.69, 9.17) is 4.55 Å². The summed E-state index contributed by atoms with van der Waals surface area (Å²) in [6, 6.07) is 8.47. The molecule has 0 atom stereocenters. The van der Waals surface area contributed by atoms with E-state index in [-0.39, 0.29) is 17.9 Å². The first-order valence-electron chi connectivity index (χ1n) is 8.35. The minimum atomic E-state index is -3.98.